The van der Waals surface area contributed by atoms with E-state index in [1.54, 1.807) is 0 Å². The Hall–Kier alpha value is -3.69. The Morgan fingerprint density at radius 3 is 2.38 bits per heavy atom. The van der Waals surface area contributed by atoms with Crippen LogP contribution >= 0.6 is 46.9 Å². The number of benzene rings is 4. The second kappa shape index (κ2) is 13.1. The van der Waals surface area contributed by atoms with Crippen molar-refractivity contribution in [2.24, 2.45) is 0 Å². The maximum Gasteiger partial charge on any atom is 0.244 e. The van der Waals surface area contributed by atoms with E-state index in [4.69, 9.17) is 23.8 Å². The zero-order valence-corrected chi connectivity index (χ0v) is 24.6. The Labute approximate surface area is 252 Å². The molecule has 1 unspecified atom stereocenters. The minimum absolute atomic E-state index is 0.161. The molecule has 0 spiro atoms. The number of rotatable bonds is 8. The van der Waals surface area contributed by atoms with Gasteiger partial charge in [-0.05, 0) is 61.1 Å². The maximum absolute atomic E-state index is 13.6. The molecule has 1 heterocycles. The van der Waals surface area contributed by atoms with Crippen LogP contribution in [0, 0.1) is 6.92 Å². The summed E-state index contributed by atoms with van der Waals surface area (Å²) in [4.78, 5) is 19.1. The number of thiocarbonyl (C=S) groups is 1. The third-order valence-corrected chi connectivity index (χ3v) is 8.42. The number of carbonyl (C=O) groups is 1. The van der Waals surface area contributed by atoms with Gasteiger partial charge in [-0.15, -0.1) is 23.1 Å². The van der Waals surface area contributed by atoms with Crippen molar-refractivity contribution in [1.82, 2.24) is 4.98 Å². The summed E-state index contributed by atoms with van der Waals surface area (Å²) in [7, 11) is 0. The summed E-state index contributed by atoms with van der Waals surface area (Å²) in [5, 5.41) is 12.5. The summed E-state index contributed by atoms with van der Waals surface area (Å²) in [6.45, 7) is 2.04. The van der Waals surface area contributed by atoms with Crippen molar-refractivity contribution >= 4 is 74.4 Å². The maximum atomic E-state index is 13.6. The minimum Gasteiger partial charge on any atom is -0.332 e. The van der Waals surface area contributed by atoms with Crippen LogP contribution in [0.2, 0.25) is 5.02 Å². The fraction of sp³-hybridized carbons (Fsp3) is 0.0645. The van der Waals surface area contributed by atoms with Gasteiger partial charge in [-0.1, -0.05) is 83.9 Å². The van der Waals surface area contributed by atoms with E-state index in [1.165, 1.54) is 28.7 Å². The summed E-state index contributed by atoms with van der Waals surface area (Å²) in [6, 6.07) is 33.1. The van der Waals surface area contributed by atoms with Crippen molar-refractivity contribution < 1.29 is 4.79 Å². The molecule has 1 atom stereocenters. The quantitative estimate of drug-likeness (QED) is 0.122. The molecule has 0 saturated heterocycles. The van der Waals surface area contributed by atoms with Crippen molar-refractivity contribution in [3.8, 4) is 11.3 Å². The number of aryl methyl sites for hydroxylation is 1. The van der Waals surface area contributed by atoms with Crippen LogP contribution in [0.1, 0.15) is 16.4 Å². The molecule has 0 aliphatic heterocycles. The highest BCUT2D eigenvalue weighted by Gasteiger charge is 2.23. The lowest BCUT2D eigenvalue weighted by Gasteiger charge is -2.17. The predicted molar refractivity (Wildman–Crippen MR) is 174 cm³/mol. The van der Waals surface area contributed by atoms with Gasteiger partial charge in [-0.2, -0.15) is 0 Å². The Kier molecular flexibility index (Phi) is 9.13. The summed E-state index contributed by atoms with van der Waals surface area (Å²) in [5.74, 6) is -0.161. The first kappa shape index (κ1) is 27.9. The fourth-order valence-electron chi connectivity index (χ4n) is 3.91. The molecule has 5 aromatic rings. The molecule has 0 aliphatic carbocycles. The van der Waals surface area contributed by atoms with Crippen LogP contribution in [-0.2, 0) is 4.79 Å². The van der Waals surface area contributed by atoms with Crippen LogP contribution in [0.5, 0.6) is 0 Å². The van der Waals surface area contributed by atoms with E-state index in [2.05, 4.69) is 20.9 Å². The molecule has 0 bridgehead atoms. The SMILES string of the molecule is Cc1ccc(NC(=S)Nc2cccc(SC(C(=O)Nc3nc(-c4ccccc4Cl)cs3)c3ccccc3)c2)cc1. The number of thioether (sulfide) groups is 1. The van der Waals surface area contributed by atoms with Gasteiger partial charge in [0, 0.05) is 32.2 Å². The van der Waals surface area contributed by atoms with Gasteiger partial charge in [0.1, 0.15) is 5.25 Å². The van der Waals surface area contributed by atoms with E-state index in [0.29, 0.717) is 15.3 Å². The average Bonchev–Trinajstić information content (AvgIpc) is 3.42. The standard InChI is InChI=1S/C31H25ClN4OS3/c1-20-14-16-22(17-15-20)33-30(38)34-23-10-7-11-24(18-23)40-28(21-8-3-2-4-9-21)29(37)36-31-35-27(19-39-31)25-12-5-6-13-26(25)32/h2-19,28H,1H3,(H2,33,34,38)(H,35,36,37). The van der Waals surface area contributed by atoms with Crippen LogP contribution < -0.4 is 16.0 Å². The monoisotopic (exact) mass is 600 g/mol. The van der Waals surface area contributed by atoms with Gasteiger partial charge in [0.15, 0.2) is 10.2 Å². The molecule has 1 aromatic heterocycles. The third-order valence-electron chi connectivity index (χ3n) is 5.88. The number of thiazole rings is 1. The number of amides is 1. The number of anilines is 3. The van der Waals surface area contributed by atoms with Gasteiger partial charge < -0.3 is 16.0 Å². The van der Waals surface area contributed by atoms with Gasteiger partial charge >= 0.3 is 0 Å². The van der Waals surface area contributed by atoms with Crippen molar-refractivity contribution in [3.63, 3.8) is 0 Å². The molecule has 40 heavy (non-hydrogen) atoms. The van der Waals surface area contributed by atoms with Gasteiger partial charge in [0.2, 0.25) is 5.91 Å². The van der Waals surface area contributed by atoms with Crippen LogP contribution in [0.15, 0.2) is 113 Å². The zero-order chi connectivity index (χ0) is 27.9. The smallest absolute Gasteiger partial charge is 0.244 e. The summed E-state index contributed by atoms with van der Waals surface area (Å²) < 4.78 is 0. The molecule has 4 aromatic carbocycles. The molecule has 1 amide bonds. The number of halogens is 1. The lowest BCUT2D eigenvalue weighted by atomic mass is 10.1. The molecule has 0 saturated carbocycles. The van der Waals surface area contributed by atoms with Crippen LogP contribution in [-0.4, -0.2) is 16.0 Å². The van der Waals surface area contributed by atoms with Gasteiger partial charge in [-0.25, -0.2) is 4.98 Å². The van der Waals surface area contributed by atoms with E-state index in [9.17, 15) is 4.79 Å². The zero-order valence-electron chi connectivity index (χ0n) is 21.4. The Morgan fingerprint density at radius 2 is 1.60 bits per heavy atom. The van der Waals surface area contributed by atoms with Gasteiger partial charge in [0.25, 0.3) is 0 Å². The second-order valence-electron chi connectivity index (χ2n) is 8.89. The van der Waals surface area contributed by atoms with Gasteiger partial charge in [-0.3, -0.25) is 4.79 Å². The molecule has 9 heteroatoms. The first-order chi connectivity index (χ1) is 19.4. The lowest BCUT2D eigenvalue weighted by Crippen LogP contribution is -2.19. The third kappa shape index (κ3) is 7.28. The minimum atomic E-state index is -0.498. The lowest BCUT2D eigenvalue weighted by molar-refractivity contribution is -0.115. The van der Waals surface area contributed by atoms with E-state index >= 15 is 0 Å². The Balaban J connectivity index is 1.30. The highest BCUT2D eigenvalue weighted by atomic mass is 35.5. The summed E-state index contributed by atoms with van der Waals surface area (Å²) in [6.07, 6.45) is 0. The number of nitrogens with zero attached hydrogens (tertiary/aromatic N) is 1. The van der Waals surface area contributed by atoms with Crippen LogP contribution in [0.3, 0.4) is 0 Å². The molecule has 3 N–H and O–H groups in total. The van der Waals surface area contributed by atoms with Crippen LogP contribution in [0.4, 0.5) is 16.5 Å². The van der Waals surface area contributed by atoms with E-state index < -0.39 is 5.25 Å². The summed E-state index contributed by atoms with van der Waals surface area (Å²) >= 11 is 14.7. The normalized spacial score (nSPS) is 11.4. The largest absolute Gasteiger partial charge is 0.332 e. The fourth-order valence-corrected chi connectivity index (χ4v) is 6.17. The highest BCUT2D eigenvalue weighted by molar-refractivity contribution is 8.00. The Morgan fingerprint density at radius 1 is 0.875 bits per heavy atom. The number of aromatic nitrogens is 1. The van der Waals surface area contributed by atoms with Crippen LogP contribution in [0.25, 0.3) is 11.3 Å². The molecular formula is C31H25ClN4OS3. The molecule has 200 valence electrons. The van der Waals surface area contributed by atoms with Crippen molar-refractivity contribution in [2.45, 2.75) is 17.1 Å². The van der Waals surface area contributed by atoms with E-state index in [-0.39, 0.29) is 5.91 Å². The Bertz CT molecular complexity index is 1620. The predicted octanol–water partition coefficient (Wildman–Crippen LogP) is 9.05. The first-order valence-corrected chi connectivity index (χ1v) is 15.0. The average molecular weight is 601 g/mol. The van der Waals surface area contributed by atoms with Crippen molar-refractivity contribution in [2.75, 3.05) is 16.0 Å². The van der Waals surface area contributed by atoms with E-state index in [0.717, 1.165) is 33.1 Å². The number of nitrogens with one attached hydrogen (secondary N) is 3. The van der Waals surface area contributed by atoms with Gasteiger partial charge in [0.05, 0.1) is 5.69 Å². The topological polar surface area (TPSA) is 66.0 Å². The molecule has 5 rings (SSSR count). The molecule has 0 fully saturated rings. The highest BCUT2D eigenvalue weighted by Crippen LogP contribution is 2.38. The van der Waals surface area contributed by atoms with E-state index in [1.807, 2.05) is 115 Å². The number of hydrogen-bond donors (Lipinski definition) is 3. The molecule has 0 radical (unpaired) electrons. The number of carbonyl (C=O) groups excluding carboxylic acids is 1. The first-order valence-electron chi connectivity index (χ1n) is 12.4. The van der Waals surface area contributed by atoms with Crippen molar-refractivity contribution in [3.05, 3.63) is 125 Å². The second-order valence-corrected chi connectivity index (χ2v) is 11.7. The summed E-state index contributed by atoms with van der Waals surface area (Å²) in [5.41, 5.74) is 5.36. The van der Waals surface area contributed by atoms with Crippen molar-refractivity contribution in [1.29, 1.82) is 0 Å². The molecule has 5 nitrogen and oxygen atoms in total. The molecular weight excluding hydrogens is 576 g/mol. The molecule has 0 aliphatic rings. The number of hydrogen-bond acceptors (Lipinski definition) is 5.